The van der Waals surface area contributed by atoms with Gasteiger partial charge in [-0.25, -0.2) is 0 Å². The predicted octanol–water partition coefficient (Wildman–Crippen LogP) is 3.57. The fraction of sp³-hybridized carbons (Fsp3) is 0.381. The summed E-state index contributed by atoms with van der Waals surface area (Å²) in [6.07, 6.45) is 0.884. The molecule has 0 radical (unpaired) electrons. The molecule has 1 amide bonds. The van der Waals surface area contributed by atoms with Gasteiger partial charge in [0.25, 0.3) is 5.91 Å². The topological polar surface area (TPSA) is 50.8 Å². The van der Waals surface area contributed by atoms with Gasteiger partial charge in [0.05, 0.1) is 14.2 Å². The zero-order valence-corrected chi connectivity index (χ0v) is 16.6. The minimum absolute atomic E-state index is 0.0440. The lowest BCUT2D eigenvalue weighted by molar-refractivity contribution is 0.0904. The number of ether oxygens (including phenoxy) is 2. The van der Waals surface area contributed by atoms with Crippen LogP contribution in [0, 0.1) is 0 Å². The molecule has 2 aromatic rings. The van der Waals surface area contributed by atoms with Gasteiger partial charge in [-0.05, 0) is 62.0 Å². The van der Waals surface area contributed by atoms with Crippen LogP contribution in [-0.4, -0.2) is 51.2 Å². The van der Waals surface area contributed by atoms with Crippen molar-refractivity contribution in [2.75, 3.05) is 34.4 Å². The first kappa shape index (κ1) is 19.5. The molecular formula is C21H25ClN2O3. The predicted molar refractivity (Wildman–Crippen MR) is 107 cm³/mol. The Morgan fingerprint density at radius 2 is 1.81 bits per heavy atom. The largest absolute Gasteiger partial charge is 0.493 e. The van der Waals surface area contributed by atoms with E-state index in [-0.39, 0.29) is 17.9 Å². The number of carbonyl (C=O) groups excluding carboxylic acids is 1. The zero-order valence-electron chi connectivity index (χ0n) is 15.9. The first-order valence-electron chi connectivity index (χ1n) is 8.98. The van der Waals surface area contributed by atoms with E-state index in [1.54, 1.807) is 38.5 Å². The van der Waals surface area contributed by atoms with E-state index in [2.05, 4.69) is 17.3 Å². The normalized spacial score (nSPS) is 20.1. The van der Waals surface area contributed by atoms with Gasteiger partial charge in [-0.1, -0.05) is 17.7 Å². The number of likely N-dealkylation sites (N-methyl/N-ethyl adjacent to an activating group) is 1. The van der Waals surface area contributed by atoms with E-state index in [0.29, 0.717) is 22.1 Å². The number of amides is 1. The van der Waals surface area contributed by atoms with Crippen molar-refractivity contribution >= 4 is 17.5 Å². The molecule has 0 saturated carbocycles. The van der Waals surface area contributed by atoms with Crippen LogP contribution in [-0.2, 0) is 0 Å². The van der Waals surface area contributed by atoms with Gasteiger partial charge < -0.3 is 19.7 Å². The Labute approximate surface area is 165 Å². The van der Waals surface area contributed by atoms with Gasteiger partial charge in [-0.3, -0.25) is 4.79 Å². The summed E-state index contributed by atoms with van der Waals surface area (Å²) in [6, 6.07) is 13.0. The molecule has 27 heavy (non-hydrogen) atoms. The van der Waals surface area contributed by atoms with Crippen LogP contribution in [0.4, 0.5) is 0 Å². The van der Waals surface area contributed by atoms with Crippen molar-refractivity contribution < 1.29 is 14.3 Å². The van der Waals surface area contributed by atoms with Crippen LogP contribution in [0.3, 0.4) is 0 Å². The van der Waals surface area contributed by atoms with Crippen LogP contribution >= 0.6 is 11.6 Å². The number of piperidine rings is 1. The molecule has 6 heteroatoms. The van der Waals surface area contributed by atoms with Gasteiger partial charge in [0.2, 0.25) is 0 Å². The summed E-state index contributed by atoms with van der Waals surface area (Å²) < 4.78 is 10.8. The van der Waals surface area contributed by atoms with Crippen molar-refractivity contribution in [2.24, 2.45) is 0 Å². The highest BCUT2D eigenvalue weighted by Gasteiger charge is 2.31. The summed E-state index contributed by atoms with van der Waals surface area (Å²) in [7, 11) is 5.36. The number of benzene rings is 2. The van der Waals surface area contributed by atoms with Crippen molar-refractivity contribution in [3.63, 3.8) is 0 Å². The highest BCUT2D eigenvalue weighted by molar-refractivity contribution is 6.30. The van der Waals surface area contributed by atoms with E-state index in [4.69, 9.17) is 21.1 Å². The first-order chi connectivity index (χ1) is 13.0. The Balaban J connectivity index is 1.83. The van der Waals surface area contributed by atoms with Crippen molar-refractivity contribution in [1.29, 1.82) is 0 Å². The Morgan fingerprint density at radius 3 is 2.48 bits per heavy atom. The molecule has 0 aliphatic carbocycles. The van der Waals surface area contributed by atoms with Crippen LogP contribution in [0.15, 0.2) is 42.5 Å². The second-order valence-electron chi connectivity index (χ2n) is 6.86. The maximum Gasteiger partial charge on any atom is 0.251 e. The number of methoxy groups -OCH3 is 2. The van der Waals surface area contributed by atoms with E-state index >= 15 is 0 Å². The molecule has 1 N–H and O–H groups in total. The first-order valence-corrected chi connectivity index (χ1v) is 9.36. The van der Waals surface area contributed by atoms with E-state index < -0.39 is 0 Å². The molecule has 3 rings (SSSR count). The van der Waals surface area contributed by atoms with Gasteiger partial charge >= 0.3 is 0 Å². The maximum atomic E-state index is 12.7. The molecule has 5 nitrogen and oxygen atoms in total. The van der Waals surface area contributed by atoms with Crippen LogP contribution in [0.2, 0.25) is 5.02 Å². The highest BCUT2D eigenvalue weighted by Crippen LogP contribution is 2.34. The number of halogens is 1. The molecule has 0 spiro atoms. The summed E-state index contributed by atoms with van der Waals surface area (Å²) >= 11 is 5.92. The summed E-state index contributed by atoms with van der Waals surface area (Å²) in [4.78, 5) is 15.0. The third kappa shape index (κ3) is 4.54. The summed E-state index contributed by atoms with van der Waals surface area (Å²) in [5, 5.41) is 3.83. The Kier molecular flexibility index (Phi) is 6.24. The third-order valence-electron chi connectivity index (χ3n) is 5.07. The van der Waals surface area contributed by atoms with Gasteiger partial charge in [0.1, 0.15) is 0 Å². The molecule has 2 aromatic carbocycles. The fourth-order valence-electron chi connectivity index (χ4n) is 3.56. The lowest BCUT2D eigenvalue weighted by atomic mass is 9.85. The Hall–Kier alpha value is -2.24. The fourth-order valence-corrected chi connectivity index (χ4v) is 3.69. The second kappa shape index (κ2) is 8.63. The molecule has 0 bridgehead atoms. The lowest BCUT2D eigenvalue weighted by Crippen LogP contribution is -2.48. The Bertz CT molecular complexity index is 795. The third-order valence-corrected chi connectivity index (χ3v) is 5.33. The summed E-state index contributed by atoms with van der Waals surface area (Å²) in [5.74, 6) is 1.49. The standard InChI is InChI=1S/C21H25ClN2O3/c1-24-11-10-18(23-21(25)14-4-7-16(22)8-5-14)17(13-24)15-6-9-19(26-2)20(12-15)27-3/h4-9,12,17-18H,10-11,13H2,1-3H3,(H,23,25). The average molecular weight is 389 g/mol. The number of carbonyl (C=O) groups is 1. The monoisotopic (exact) mass is 388 g/mol. The van der Waals surface area contributed by atoms with Gasteiger partial charge in [-0.2, -0.15) is 0 Å². The smallest absolute Gasteiger partial charge is 0.251 e. The van der Waals surface area contributed by atoms with Gasteiger partial charge in [-0.15, -0.1) is 0 Å². The second-order valence-corrected chi connectivity index (χ2v) is 7.30. The lowest BCUT2D eigenvalue weighted by Gasteiger charge is -2.37. The highest BCUT2D eigenvalue weighted by atomic mass is 35.5. The van der Waals surface area contributed by atoms with E-state index in [1.807, 2.05) is 18.2 Å². The minimum atomic E-state index is -0.0771. The molecule has 2 unspecified atom stereocenters. The van der Waals surface area contributed by atoms with Gasteiger partial charge in [0.15, 0.2) is 11.5 Å². The van der Waals surface area contributed by atoms with E-state index in [1.165, 1.54) is 0 Å². The molecule has 2 atom stereocenters. The number of nitrogens with zero attached hydrogens (tertiary/aromatic N) is 1. The van der Waals surface area contributed by atoms with Crippen molar-refractivity contribution in [1.82, 2.24) is 10.2 Å². The minimum Gasteiger partial charge on any atom is -0.493 e. The number of hydrogen-bond acceptors (Lipinski definition) is 4. The van der Waals surface area contributed by atoms with Crippen molar-refractivity contribution in [3.8, 4) is 11.5 Å². The van der Waals surface area contributed by atoms with E-state index in [0.717, 1.165) is 25.1 Å². The maximum absolute atomic E-state index is 12.7. The van der Waals surface area contributed by atoms with Gasteiger partial charge in [0, 0.05) is 29.1 Å². The SMILES string of the molecule is COc1ccc(C2CN(C)CCC2NC(=O)c2ccc(Cl)cc2)cc1OC. The molecule has 1 aliphatic heterocycles. The van der Waals surface area contributed by atoms with Crippen LogP contribution in [0.5, 0.6) is 11.5 Å². The van der Waals surface area contributed by atoms with Crippen LogP contribution < -0.4 is 14.8 Å². The molecule has 144 valence electrons. The molecule has 1 heterocycles. The molecule has 1 saturated heterocycles. The molecular weight excluding hydrogens is 364 g/mol. The molecule has 1 fully saturated rings. The number of hydrogen-bond donors (Lipinski definition) is 1. The quantitative estimate of drug-likeness (QED) is 0.850. The van der Waals surface area contributed by atoms with Crippen LogP contribution in [0.25, 0.3) is 0 Å². The summed E-state index contributed by atoms with van der Waals surface area (Å²) in [6.45, 7) is 1.80. The van der Waals surface area contributed by atoms with Crippen molar-refractivity contribution in [2.45, 2.75) is 18.4 Å². The zero-order chi connectivity index (χ0) is 19.4. The Morgan fingerprint density at radius 1 is 1.11 bits per heavy atom. The summed E-state index contributed by atoms with van der Waals surface area (Å²) in [5.41, 5.74) is 1.74. The van der Waals surface area contributed by atoms with Crippen molar-refractivity contribution in [3.05, 3.63) is 58.6 Å². The number of rotatable bonds is 5. The number of nitrogens with one attached hydrogen (secondary N) is 1. The van der Waals surface area contributed by atoms with Crippen LogP contribution in [0.1, 0.15) is 28.3 Å². The van der Waals surface area contributed by atoms with E-state index in [9.17, 15) is 4.79 Å². The number of likely N-dealkylation sites (tertiary alicyclic amines) is 1. The molecule has 0 aromatic heterocycles. The average Bonchev–Trinajstić information content (AvgIpc) is 2.69. The molecule has 1 aliphatic rings.